The van der Waals surface area contributed by atoms with Crippen LogP contribution >= 0.6 is 0 Å². The Kier molecular flexibility index (Phi) is 3.19. The van der Waals surface area contributed by atoms with E-state index < -0.39 is 0 Å². The molecule has 0 spiro atoms. The van der Waals surface area contributed by atoms with Crippen LogP contribution in [0.5, 0.6) is 0 Å². The zero-order chi connectivity index (χ0) is 11.4. The van der Waals surface area contributed by atoms with E-state index in [1.165, 1.54) is 0 Å². The highest BCUT2D eigenvalue weighted by molar-refractivity contribution is 5.77. The molecule has 2 heterocycles. The van der Waals surface area contributed by atoms with Gasteiger partial charge in [-0.25, -0.2) is 0 Å². The van der Waals surface area contributed by atoms with Gasteiger partial charge in [0.25, 0.3) is 0 Å². The molecule has 2 aliphatic rings. The van der Waals surface area contributed by atoms with Gasteiger partial charge in [0.05, 0.1) is 12.8 Å². The van der Waals surface area contributed by atoms with Crippen LogP contribution in [0.15, 0.2) is 24.3 Å². The maximum Gasteiger partial charge on any atom is 0.306 e. The number of fused-ring (bicyclic) bond motifs is 9. The first-order chi connectivity index (χ1) is 7.74. The Hall–Kier alpha value is -1.84. The number of esters is 2. The van der Waals surface area contributed by atoms with Gasteiger partial charge in [0, 0.05) is 0 Å². The highest BCUT2D eigenvalue weighted by atomic mass is 16.5. The van der Waals surface area contributed by atoms with Gasteiger partial charge in [-0.15, -0.1) is 0 Å². The lowest BCUT2D eigenvalue weighted by atomic mass is 10.1. The molecule has 1 aromatic rings. The van der Waals surface area contributed by atoms with Gasteiger partial charge in [0.2, 0.25) is 0 Å². The van der Waals surface area contributed by atoms with Crippen molar-refractivity contribution in [2.75, 3.05) is 0 Å². The van der Waals surface area contributed by atoms with Crippen LogP contribution in [0.25, 0.3) is 0 Å². The monoisotopic (exact) mass is 220 g/mol. The van der Waals surface area contributed by atoms with Crippen molar-refractivity contribution in [3.8, 4) is 0 Å². The summed E-state index contributed by atoms with van der Waals surface area (Å²) < 4.78 is 9.99. The van der Waals surface area contributed by atoms with E-state index in [2.05, 4.69) is 0 Å². The fourth-order valence-electron chi connectivity index (χ4n) is 1.41. The highest BCUT2D eigenvalue weighted by Gasteiger charge is 2.11. The van der Waals surface area contributed by atoms with Crippen molar-refractivity contribution < 1.29 is 19.1 Å². The fourth-order valence-corrected chi connectivity index (χ4v) is 1.41. The molecule has 0 saturated carbocycles. The van der Waals surface area contributed by atoms with Crippen molar-refractivity contribution in [1.82, 2.24) is 0 Å². The molecule has 0 radical (unpaired) electrons. The van der Waals surface area contributed by atoms with Gasteiger partial charge >= 0.3 is 11.9 Å². The molecular formula is C12H12O4. The van der Waals surface area contributed by atoms with E-state index >= 15 is 0 Å². The average Bonchev–Trinajstić information content (AvgIpc) is 2.31. The van der Waals surface area contributed by atoms with Gasteiger partial charge in [0.1, 0.15) is 13.2 Å². The molecule has 3 rings (SSSR count). The molecule has 0 unspecified atom stereocenters. The first-order valence-corrected chi connectivity index (χ1v) is 5.13. The van der Waals surface area contributed by atoms with E-state index in [1.54, 1.807) is 0 Å². The Morgan fingerprint density at radius 2 is 1.12 bits per heavy atom. The van der Waals surface area contributed by atoms with E-state index in [9.17, 15) is 9.59 Å². The van der Waals surface area contributed by atoms with E-state index in [0.717, 1.165) is 11.1 Å². The van der Waals surface area contributed by atoms with Gasteiger partial charge < -0.3 is 9.47 Å². The molecule has 0 fully saturated rings. The molecule has 2 aliphatic heterocycles. The zero-order valence-corrected chi connectivity index (χ0v) is 8.77. The molecule has 0 saturated heterocycles. The first-order valence-electron chi connectivity index (χ1n) is 5.13. The molecule has 4 nitrogen and oxygen atoms in total. The number of ether oxygens (including phenoxy) is 2. The third kappa shape index (κ3) is 2.82. The third-order valence-corrected chi connectivity index (χ3v) is 2.36. The molecule has 4 heteroatoms. The Labute approximate surface area is 93.2 Å². The van der Waals surface area contributed by atoms with Gasteiger partial charge in [-0.3, -0.25) is 9.59 Å². The number of rotatable bonds is 0. The van der Waals surface area contributed by atoms with E-state index in [-0.39, 0.29) is 38.0 Å². The summed E-state index contributed by atoms with van der Waals surface area (Å²) >= 11 is 0. The van der Waals surface area contributed by atoms with Crippen LogP contribution in [-0.2, 0) is 32.3 Å². The van der Waals surface area contributed by atoms with Crippen molar-refractivity contribution in [3.63, 3.8) is 0 Å². The molecule has 0 aromatic heterocycles. The molecule has 0 amide bonds. The minimum atomic E-state index is -0.374. The molecule has 16 heavy (non-hydrogen) atoms. The summed E-state index contributed by atoms with van der Waals surface area (Å²) in [4.78, 5) is 22.4. The van der Waals surface area contributed by atoms with E-state index in [4.69, 9.17) is 9.47 Å². The summed E-state index contributed by atoms with van der Waals surface area (Å²) in [5, 5.41) is 0. The molecular weight excluding hydrogens is 208 g/mol. The number of hydrogen-bond donors (Lipinski definition) is 0. The molecule has 84 valence electrons. The minimum absolute atomic E-state index is 0.0782. The zero-order valence-electron chi connectivity index (χ0n) is 8.77. The summed E-state index contributed by atoms with van der Waals surface area (Å²) in [5.41, 5.74) is 1.87. The maximum atomic E-state index is 11.2. The van der Waals surface area contributed by atoms with Crippen LogP contribution in [0.3, 0.4) is 0 Å². The first kappa shape index (κ1) is 10.7. The molecule has 1 aromatic carbocycles. The van der Waals surface area contributed by atoms with Crippen molar-refractivity contribution in [3.05, 3.63) is 35.4 Å². The standard InChI is InChI=1S/C12H12O4/c13-11-5-6-12(14)16-8-10-2-1-9(3-4-10)7-15-11/h1-4H,5-8H2. The van der Waals surface area contributed by atoms with Crippen molar-refractivity contribution in [2.45, 2.75) is 26.1 Å². The Morgan fingerprint density at radius 1 is 0.750 bits per heavy atom. The van der Waals surface area contributed by atoms with Crippen LogP contribution in [0, 0.1) is 0 Å². The van der Waals surface area contributed by atoms with Crippen LogP contribution in [0.2, 0.25) is 0 Å². The Morgan fingerprint density at radius 3 is 1.50 bits per heavy atom. The largest absolute Gasteiger partial charge is 0.461 e. The molecule has 0 aliphatic carbocycles. The fraction of sp³-hybridized carbons (Fsp3) is 0.333. The van der Waals surface area contributed by atoms with Gasteiger partial charge in [-0.2, -0.15) is 0 Å². The predicted molar refractivity (Wildman–Crippen MR) is 55.3 cm³/mol. The van der Waals surface area contributed by atoms with Crippen molar-refractivity contribution >= 4 is 11.9 Å². The second kappa shape index (κ2) is 4.79. The summed E-state index contributed by atoms with van der Waals surface area (Å²) in [6.07, 6.45) is 0.156. The van der Waals surface area contributed by atoms with E-state index in [1.807, 2.05) is 24.3 Å². The normalized spacial score (nSPS) is 17.0. The van der Waals surface area contributed by atoms with Crippen LogP contribution < -0.4 is 0 Å². The van der Waals surface area contributed by atoms with E-state index in [0.29, 0.717) is 0 Å². The summed E-state index contributed by atoms with van der Waals surface area (Å²) in [6.45, 7) is 0.516. The summed E-state index contributed by atoms with van der Waals surface area (Å²) in [7, 11) is 0. The van der Waals surface area contributed by atoms with Crippen LogP contribution in [0.1, 0.15) is 24.0 Å². The third-order valence-electron chi connectivity index (χ3n) is 2.36. The summed E-state index contributed by atoms with van der Waals surface area (Å²) in [6, 6.07) is 7.44. The smallest absolute Gasteiger partial charge is 0.306 e. The number of benzene rings is 1. The number of carbonyl (C=O) groups is 2. The van der Waals surface area contributed by atoms with Gasteiger partial charge in [0.15, 0.2) is 0 Å². The SMILES string of the molecule is O=C1CCC(=O)OCc2ccc(cc2)CO1. The highest BCUT2D eigenvalue weighted by Crippen LogP contribution is 2.10. The Bertz CT molecular complexity index is 355. The van der Waals surface area contributed by atoms with Gasteiger partial charge in [-0.1, -0.05) is 24.3 Å². The summed E-state index contributed by atoms with van der Waals surface area (Å²) in [5.74, 6) is -0.747. The number of hydrogen-bond acceptors (Lipinski definition) is 4. The lowest BCUT2D eigenvalue weighted by Crippen LogP contribution is -2.11. The van der Waals surface area contributed by atoms with Crippen molar-refractivity contribution in [1.29, 1.82) is 0 Å². The molecule has 0 atom stereocenters. The van der Waals surface area contributed by atoms with Crippen LogP contribution in [0.4, 0.5) is 0 Å². The lowest BCUT2D eigenvalue weighted by molar-refractivity contribution is -0.151. The average molecular weight is 220 g/mol. The molecule has 0 N–H and O–H groups in total. The Balaban J connectivity index is 2.15. The quantitative estimate of drug-likeness (QED) is 0.623. The number of carbonyl (C=O) groups excluding carboxylic acids is 2. The predicted octanol–water partition coefficient (Wildman–Crippen LogP) is 1.57. The van der Waals surface area contributed by atoms with Gasteiger partial charge in [-0.05, 0) is 11.1 Å². The second-order valence-corrected chi connectivity index (χ2v) is 3.64. The molecule has 2 bridgehead atoms. The lowest BCUT2D eigenvalue weighted by Gasteiger charge is -2.09. The van der Waals surface area contributed by atoms with Crippen LogP contribution in [-0.4, -0.2) is 11.9 Å². The second-order valence-electron chi connectivity index (χ2n) is 3.64. The minimum Gasteiger partial charge on any atom is -0.461 e. The maximum absolute atomic E-state index is 11.2. The topological polar surface area (TPSA) is 52.6 Å². The van der Waals surface area contributed by atoms with Crippen molar-refractivity contribution in [2.24, 2.45) is 0 Å².